The normalized spacial score (nSPS) is 14.3. The van der Waals surface area contributed by atoms with Crippen molar-refractivity contribution in [3.63, 3.8) is 0 Å². The van der Waals surface area contributed by atoms with Crippen LogP contribution in [0.25, 0.3) is 16.7 Å². The van der Waals surface area contributed by atoms with Crippen molar-refractivity contribution < 1.29 is 4.79 Å². The lowest BCUT2D eigenvalue weighted by Gasteiger charge is -2.28. The first kappa shape index (κ1) is 19.4. The third kappa shape index (κ3) is 4.05. The summed E-state index contributed by atoms with van der Waals surface area (Å²) in [5.41, 5.74) is 3.63. The SMILES string of the molecule is O=C(CCc1nnc2c(N3CCCCC3)nc3ccccc3n12)NCc1cccnc1. The number of amides is 1. The topological polar surface area (TPSA) is 88.3 Å². The van der Waals surface area contributed by atoms with Crippen LogP contribution in [0.3, 0.4) is 0 Å². The van der Waals surface area contributed by atoms with Gasteiger partial charge in [-0.15, -0.1) is 10.2 Å². The molecule has 1 saturated heterocycles. The molecule has 8 nitrogen and oxygen atoms in total. The zero-order valence-electron chi connectivity index (χ0n) is 17.4. The van der Waals surface area contributed by atoms with Gasteiger partial charge in [0.25, 0.3) is 0 Å². The highest BCUT2D eigenvalue weighted by molar-refractivity contribution is 5.83. The van der Waals surface area contributed by atoms with Gasteiger partial charge in [-0.05, 0) is 43.0 Å². The number of para-hydroxylation sites is 2. The average molecular weight is 416 g/mol. The lowest BCUT2D eigenvalue weighted by Crippen LogP contribution is -2.30. The quantitative estimate of drug-likeness (QED) is 0.521. The molecule has 1 aliphatic rings. The van der Waals surface area contributed by atoms with Crippen molar-refractivity contribution >= 4 is 28.4 Å². The number of nitrogens with zero attached hydrogens (tertiary/aromatic N) is 6. The monoisotopic (exact) mass is 415 g/mol. The molecule has 1 aliphatic heterocycles. The summed E-state index contributed by atoms with van der Waals surface area (Å²) in [5, 5.41) is 11.9. The van der Waals surface area contributed by atoms with Crippen molar-refractivity contribution in [2.24, 2.45) is 0 Å². The van der Waals surface area contributed by atoms with Gasteiger partial charge < -0.3 is 10.2 Å². The molecule has 0 bridgehead atoms. The van der Waals surface area contributed by atoms with E-state index in [9.17, 15) is 4.79 Å². The van der Waals surface area contributed by atoms with E-state index in [0.29, 0.717) is 19.4 Å². The molecule has 1 N–H and O–H groups in total. The molecule has 4 heterocycles. The smallest absolute Gasteiger partial charge is 0.220 e. The minimum absolute atomic E-state index is 0.0183. The van der Waals surface area contributed by atoms with Crippen molar-refractivity contribution in [2.45, 2.75) is 38.6 Å². The van der Waals surface area contributed by atoms with Gasteiger partial charge in [-0.3, -0.25) is 14.2 Å². The molecule has 1 aromatic carbocycles. The molecule has 3 aromatic heterocycles. The summed E-state index contributed by atoms with van der Waals surface area (Å²) in [5.74, 6) is 1.65. The Kier molecular flexibility index (Phi) is 5.43. The summed E-state index contributed by atoms with van der Waals surface area (Å²) < 4.78 is 2.07. The van der Waals surface area contributed by atoms with Crippen LogP contribution in [0.2, 0.25) is 0 Å². The van der Waals surface area contributed by atoms with Crippen LogP contribution < -0.4 is 10.2 Å². The number of carbonyl (C=O) groups is 1. The van der Waals surface area contributed by atoms with E-state index in [1.807, 2.05) is 36.4 Å². The average Bonchev–Trinajstić information content (AvgIpc) is 3.26. The summed E-state index contributed by atoms with van der Waals surface area (Å²) in [4.78, 5) is 23.7. The highest BCUT2D eigenvalue weighted by atomic mass is 16.1. The number of hydrogen-bond acceptors (Lipinski definition) is 6. The third-order valence-electron chi connectivity index (χ3n) is 5.72. The van der Waals surface area contributed by atoms with E-state index in [2.05, 4.69) is 29.8 Å². The number of aromatic nitrogens is 5. The molecule has 0 atom stereocenters. The summed E-state index contributed by atoms with van der Waals surface area (Å²) in [6.45, 7) is 2.44. The van der Waals surface area contributed by atoms with Crippen LogP contribution >= 0.6 is 0 Å². The molecule has 0 aliphatic carbocycles. The highest BCUT2D eigenvalue weighted by Crippen LogP contribution is 2.27. The number of rotatable bonds is 6. The number of benzene rings is 1. The molecule has 5 rings (SSSR count). The van der Waals surface area contributed by atoms with Crippen LogP contribution in [0.15, 0.2) is 48.8 Å². The van der Waals surface area contributed by atoms with Crippen LogP contribution in [0.1, 0.15) is 37.1 Å². The number of aryl methyl sites for hydroxylation is 1. The van der Waals surface area contributed by atoms with Gasteiger partial charge in [-0.1, -0.05) is 18.2 Å². The Hall–Kier alpha value is -3.55. The van der Waals surface area contributed by atoms with E-state index in [4.69, 9.17) is 4.98 Å². The van der Waals surface area contributed by atoms with Gasteiger partial charge in [-0.2, -0.15) is 0 Å². The summed E-state index contributed by atoms with van der Waals surface area (Å²) in [6.07, 6.45) is 7.92. The number of piperidine rings is 1. The van der Waals surface area contributed by atoms with Gasteiger partial charge in [0.05, 0.1) is 11.0 Å². The fraction of sp³-hybridized carbons (Fsp3) is 0.348. The van der Waals surface area contributed by atoms with E-state index in [1.165, 1.54) is 19.3 Å². The van der Waals surface area contributed by atoms with Crippen molar-refractivity contribution in [1.29, 1.82) is 0 Å². The second-order valence-electron chi connectivity index (χ2n) is 7.89. The van der Waals surface area contributed by atoms with Crippen LogP contribution in [0.5, 0.6) is 0 Å². The minimum atomic E-state index is -0.0183. The van der Waals surface area contributed by atoms with Crippen LogP contribution in [-0.2, 0) is 17.8 Å². The maximum Gasteiger partial charge on any atom is 0.220 e. The molecule has 0 spiro atoms. The zero-order chi connectivity index (χ0) is 21.0. The van der Waals surface area contributed by atoms with Gasteiger partial charge in [0, 0.05) is 44.9 Å². The van der Waals surface area contributed by atoms with E-state index in [1.54, 1.807) is 12.4 Å². The summed E-state index contributed by atoms with van der Waals surface area (Å²) in [7, 11) is 0. The lowest BCUT2D eigenvalue weighted by molar-refractivity contribution is -0.121. The molecule has 31 heavy (non-hydrogen) atoms. The van der Waals surface area contributed by atoms with Gasteiger partial charge in [0.15, 0.2) is 5.82 Å². The maximum absolute atomic E-state index is 12.4. The molecule has 4 aromatic rings. The van der Waals surface area contributed by atoms with Crippen LogP contribution in [-0.4, -0.2) is 43.6 Å². The van der Waals surface area contributed by atoms with Crippen LogP contribution in [0, 0.1) is 0 Å². The Morgan fingerprint density at radius 3 is 2.74 bits per heavy atom. The molecule has 0 radical (unpaired) electrons. The Bertz CT molecular complexity index is 1200. The summed E-state index contributed by atoms with van der Waals surface area (Å²) in [6, 6.07) is 11.9. The highest BCUT2D eigenvalue weighted by Gasteiger charge is 2.21. The zero-order valence-corrected chi connectivity index (χ0v) is 17.4. The van der Waals surface area contributed by atoms with E-state index in [0.717, 1.165) is 47.0 Å². The van der Waals surface area contributed by atoms with Gasteiger partial charge in [0.1, 0.15) is 5.82 Å². The minimum Gasteiger partial charge on any atom is -0.353 e. The fourth-order valence-electron chi connectivity index (χ4n) is 4.12. The van der Waals surface area contributed by atoms with Crippen molar-refractivity contribution in [3.05, 3.63) is 60.2 Å². The van der Waals surface area contributed by atoms with Gasteiger partial charge >= 0.3 is 0 Å². The lowest BCUT2D eigenvalue weighted by atomic mass is 10.1. The van der Waals surface area contributed by atoms with Crippen molar-refractivity contribution in [2.75, 3.05) is 18.0 Å². The number of anilines is 1. The largest absolute Gasteiger partial charge is 0.353 e. The number of pyridine rings is 1. The second-order valence-corrected chi connectivity index (χ2v) is 7.89. The van der Waals surface area contributed by atoms with Crippen molar-refractivity contribution in [3.8, 4) is 0 Å². The number of fused-ring (bicyclic) bond motifs is 3. The Morgan fingerprint density at radius 1 is 1.03 bits per heavy atom. The van der Waals surface area contributed by atoms with E-state index >= 15 is 0 Å². The number of hydrogen-bond donors (Lipinski definition) is 1. The van der Waals surface area contributed by atoms with Gasteiger partial charge in [0.2, 0.25) is 11.6 Å². The maximum atomic E-state index is 12.4. The van der Waals surface area contributed by atoms with E-state index in [-0.39, 0.29) is 5.91 Å². The van der Waals surface area contributed by atoms with Gasteiger partial charge in [-0.25, -0.2) is 4.98 Å². The number of carbonyl (C=O) groups excluding carboxylic acids is 1. The Morgan fingerprint density at radius 2 is 1.90 bits per heavy atom. The Balaban J connectivity index is 1.40. The molecular weight excluding hydrogens is 390 g/mol. The standard InChI is InChI=1S/C23H25N7O/c31-21(25-16-17-7-6-12-24-15-17)11-10-20-27-28-23-22(29-13-4-1-5-14-29)26-18-8-2-3-9-19(18)30(20)23/h2-3,6-9,12,15H,1,4-5,10-11,13-14,16H2,(H,25,31). The first-order chi connectivity index (χ1) is 15.3. The van der Waals surface area contributed by atoms with E-state index < -0.39 is 0 Å². The molecule has 0 unspecified atom stereocenters. The first-order valence-corrected chi connectivity index (χ1v) is 10.8. The second kappa shape index (κ2) is 8.67. The predicted octanol–water partition coefficient (Wildman–Crippen LogP) is 2.91. The molecular formula is C23H25N7O. The molecule has 1 amide bonds. The predicted molar refractivity (Wildman–Crippen MR) is 119 cm³/mol. The van der Waals surface area contributed by atoms with Crippen LogP contribution in [0.4, 0.5) is 5.82 Å². The molecule has 8 heteroatoms. The Labute approximate surface area is 180 Å². The first-order valence-electron chi connectivity index (χ1n) is 10.8. The summed E-state index contributed by atoms with van der Waals surface area (Å²) >= 11 is 0. The third-order valence-corrected chi connectivity index (χ3v) is 5.72. The fourth-order valence-corrected chi connectivity index (χ4v) is 4.12. The van der Waals surface area contributed by atoms with Crippen molar-refractivity contribution in [1.82, 2.24) is 29.9 Å². The molecule has 1 fully saturated rings. The number of nitrogens with one attached hydrogen (secondary N) is 1. The molecule has 158 valence electrons. The molecule has 0 saturated carbocycles.